The van der Waals surface area contributed by atoms with Crippen molar-refractivity contribution in [2.45, 2.75) is 32.6 Å². The average Bonchev–Trinajstić information content (AvgIpc) is 3.19. The lowest BCUT2D eigenvalue weighted by Gasteiger charge is -2.06. The quantitative estimate of drug-likeness (QED) is 0.631. The lowest BCUT2D eigenvalue weighted by molar-refractivity contribution is -0.122. The van der Waals surface area contributed by atoms with E-state index in [0.717, 1.165) is 37.0 Å². The van der Waals surface area contributed by atoms with Gasteiger partial charge in [-0.25, -0.2) is 9.82 Å². The summed E-state index contributed by atoms with van der Waals surface area (Å²) in [6, 6.07) is 6.19. The highest BCUT2D eigenvalue weighted by Crippen LogP contribution is 2.28. The van der Waals surface area contributed by atoms with Crippen molar-refractivity contribution in [3.63, 3.8) is 0 Å². The highest BCUT2D eigenvalue weighted by Gasteiger charge is 2.29. The van der Waals surface area contributed by atoms with E-state index in [1.54, 1.807) is 12.1 Å². The summed E-state index contributed by atoms with van der Waals surface area (Å²) in [6.07, 6.45) is 3.61. The number of nitrogens with zero attached hydrogens (tertiary/aromatic N) is 1. The summed E-state index contributed by atoms with van der Waals surface area (Å²) in [5, 5.41) is 4.17. The Bertz CT molecular complexity index is 449. The standard InChI is InChI=1S/C14H17FN2O/c1-2-3-13(10-6-8-12(15)9-7-10)16-17-14(18)11-4-5-11/h6-9,11H,2-5H2,1H3,(H,17,18)/b16-13-. The first kappa shape index (κ1) is 12.7. The molecule has 2 rings (SSSR count). The number of benzene rings is 1. The van der Waals surface area contributed by atoms with Crippen LogP contribution in [-0.4, -0.2) is 11.6 Å². The first-order chi connectivity index (χ1) is 8.70. The van der Waals surface area contributed by atoms with Crippen LogP contribution >= 0.6 is 0 Å². The molecule has 1 N–H and O–H groups in total. The highest BCUT2D eigenvalue weighted by molar-refractivity contribution is 6.01. The fourth-order valence-electron chi connectivity index (χ4n) is 1.70. The Morgan fingerprint density at radius 2 is 2.06 bits per heavy atom. The monoisotopic (exact) mass is 248 g/mol. The third kappa shape index (κ3) is 3.39. The molecule has 1 aliphatic rings. The third-order valence-corrected chi connectivity index (χ3v) is 2.91. The van der Waals surface area contributed by atoms with Gasteiger partial charge in [-0.2, -0.15) is 5.10 Å². The van der Waals surface area contributed by atoms with E-state index >= 15 is 0 Å². The molecule has 0 aliphatic heterocycles. The molecule has 1 saturated carbocycles. The van der Waals surface area contributed by atoms with Gasteiger partial charge in [0.1, 0.15) is 5.82 Å². The normalized spacial score (nSPS) is 15.6. The minimum atomic E-state index is -0.267. The van der Waals surface area contributed by atoms with E-state index in [4.69, 9.17) is 0 Å². The Labute approximate surface area is 106 Å². The molecule has 3 nitrogen and oxygen atoms in total. The van der Waals surface area contributed by atoms with Crippen LogP contribution < -0.4 is 5.43 Å². The maximum absolute atomic E-state index is 12.9. The van der Waals surface area contributed by atoms with Gasteiger partial charge in [-0.3, -0.25) is 4.79 Å². The molecule has 96 valence electrons. The van der Waals surface area contributed by atoms with Gasteiger partial charge in [-0.15, -0.1) is 0 Å². The molecular formula is C14H17FN2O. The summed E-state index contributed by atoms with van der Waals surface area (Å²) >= 11 is 0. The molecule has 0 spiro atoms. The molecule has 1 fully saturated rings. The molecule has 18 heavy (non-hydrogen) atoms. The van der Waals surface area contributed by atoms with Gasteiger partial charge < -0.3 is 0 Å². The fraction of sp³-hybridized carbons (Fsp3) is 0.429. The lowest BCUT2D eigenvalue weighted by atomic mass is 10.1. The average molecular weight is 248 g/mol. The maximum Gasteiger partial charge on any atom is 0.243 e. The summed E-state index contributed by atoms with van der Waals surface area (Å²) in [6.45, 7) is 2.04. The molecule has 1 aliphatic carbocycles. The third-order valence-electron chi connectivity index (χ3n) is 2.91. The minimum Gasteiger partial charge on any atom is -0.273 e. The van der Waals surface area contributed by atoms with Crippen molar-refractivity contribution < 1.29 is 9.18 Å². The van der Waals surface area contributed by atoms with Gasteiger partial charge in [0.2, 0.25) is 5.91 Å². The smallest absolute Gasteiger partial charge is 0.243 e. The van der Waals surface area contributed by atoms with E-state index in [-0.39, 0.29) is 17.6 Å². The number of carbonyl (C=O) groups excluding carboxylic acids is 1. The number of amides is 1. The Kier molecular flexibility index (Phi) is 4.07. The Balaban J connectivity index is 2.08. The number of hydrogen-bond acceptors (Lipinski definition) is 2. The molecule has 4 heteroatoms. The van der Waals surface area contributed by atoms with Crippen molar-refractivity contribution in [1.29, 1.82) is 0 Å². The number of hydrogen-bond donors (Lipinski definition) is 1. The van der Waals surface area contributed by atoms with Crippen molar-refractivity contribution in [2.24, 2.45) is 11.0 Å². The van der Waals surface area contributed by atoms with Crippen LogP contribution in [0.5, 0.6) is 0 Å². The topological polar surface area (TPSA) is 41.5 Å². The predicted octanol–water partition coefficient (Wildman–Crippen LogP) is 2.86. The van der Waals surface area contributed by atoms with Crippen LogP contribution in [0.4, 0.5) is 4.39 Å². The largest absolute Gasteiger partial charge is 0.273 e. The van der Waals surface area contributed by atoms with E-state index in [1.165, 1.54) is 12.1 Å². The summed E-state index contributed by atoms with van der Waals surface area (Å²) in [7, 11) is 0. The van der Waals surface area contributed by atoms with Gasteiger partial charge in [0.05, 0.1) is 5.71 Å². The van der Waals surface area contributed by atoms with Crippen molar-refractivity contribution in [2.75, 3.05) is 0 Å². The van der Waals surface area contributed by atoms with Crippen LogP contribution in [0.2, 0.25) is 0 Å². The predicted molar refractivity (Wildman–Crippen MR) is 68.7 cm³/mol. The number of halogens is 1. The van der Waals surface area contributed by atoms with E-state index < -0.39 is 0 Å². The van der Waals surface area contributed by atoms with Crippen LogP contribution in [0.1, 0.15) is 38.2 Å². The molecular weight excluding hydrogens is 231 g/mol. The first-order valence-corrected chi connectivity index (χ1v) is 6.33. The van der Waals surface area contributed by atoms with Gasteiger partial charge >= 0.3 is 0 Å². The Hall–Kier alpha value is -1.71. The molecule has 0 bridgehead atoms. The summed E-state index contributed by atoms with van der Waals surface area (Å²) < 4.78 is 12.9. The minimum absolute atomic E-state index is 0.00860. The molecule has 0 saturated heterocycles. The highest BCUT2D eigenvalue weighted by atomic mass is 19.1. The number of hydrazone groups is 1. The zero-order valence-corrected chi connectivity index (χ0v) is 10.4. The molecule has 1 aromatic carbocycles. The SMILES string of the molecule is CCC/C(=N/NC(=O)C1CC1)c1ccc(F)cc1. The van der Waals surface area contributed by atoms with Crippen LogP contribution in [-0.2, 0) is 4.79 Å². The summed E-state index contributed by atoms with van der Waals surface area (Å²) in [4.78, 5) is 11.5. The van der Waals surface area contributed by atoms with E-state index in [9.17, 15) is 9.18 Å². The van der Waals surface area contributed by atoms with Crippen molar-refractivity contribution >= 4 is 11.6 Å². The van der Waals surface area contributed by atoms with Crippen LogP contribution in [0, 0.1) is 11.7 Å². The van der Waals surface area contributed by atoms with Crippen molar-refractivity contribution in [1.82, 2.24) is 5.43 Å². The molecule has 0 atom stereocenters. The van der Waals surface area contributed by atoms with Gasteiger partial charge in [-0.05, 0) is 37.0 Å². The summed E-state index contributed by atoms with van der Waals surface area (Å²) in [5.74, 6) is -0.132. The van der Waals surface area contributed by atoms with E-state index in [1.807, 2.05) is 6.92 Å². The molecule has 1 aromatic rings. The van der Waals surface area contributed by atoms with E-state index in [0.29, 0.717) is 0 Å². The zero-order chi connectivity index (χ0) is 13.0. The van der Waals surface area contributed by atoms with Crippen molar-refractivity contribution in [3.8, 4) is 0 Å². The number of rotatable bonds is 5. The van der Waals surface area contributed by atoms with Gasteiger partial charge in [0, 0.05) is 5.92 Å². The molecule has 0 radical (unpaired) electrons. The lowest BCUT2D eigenvalue weighted by Crippen LogP contribution is -2.21. The number of carbonyl (C=O) groups is 1. The molecule has 0 aromatic heterocycles. The maximum atomic E-state index is 12.9. The van der Waals surface area contributed by atoms with Crippen LogP contribution in [0.3, 0.4) is 0 Å². The molecule has 0 unspecified atom stereocenters. The van der Waals surface area contributed by atoms with Gasteiger partial charge in [0.15, 0.2) is 0 Å². The Morgan fingerprint density at radius 1 is 1.39 bits per heavy atom. The van der Waals surface area contributed by atoms with E-state index in [2.05, 4.69) is 10.5 Å². The fourth-order valence-corrected chi connectivity index (χ4v) is 1.70. The second kappa shape index (κ2) is 5.76. The van der Waals surface area contributed by atoms with Crippen molar-refractivity contribution in [3.05, 3.63) is 35.6 Å². The summed E-state index contributed by atoms with van der Waals surface area (Å²) in [5.41, 5.74) is 4.25. The van der Waals surface area contributed by atoms with Crippen LogP contribution in [0.15, 0.2) is 29.4 Å². The van der Waals surface area contributed by atoms with Crippen LogP contribution in [0.25, 0.3) is 0 Å². The molecule has 1 amide bonds. The second-order valence-electron chi connectivity index (χ2n) is 4.57. The first-order valence-electron chi connectivity index (χ1n) is 6.33. The van der Waals surface area contributed by atoms with Gasteiger partial charge in [-0.1, -0.05) is 25.5 Å². The van der Waals surface area contributed by atoms with Gasteiger partial charge in [0.25, 0.3) is 0 Å². The number of nitrogens with one attached hydrogen (secondary N) is 1. The molecule has 0 heterocycles. The second-order valence-corrected chi connectivity index (χ2v) is 4.57. The zero-order valence-electron chi connectivity index (χ0n) is 10.4. The Morgan fingerprint density at radius 3 is 2.61 bits per heavy atom.